The highest BCUT2D eigenvalue weighted by molar-refractivity contribution is 6.30. The summed E-state index contributed by atoms with van der Waals surface area (Å²) < 4.78 is 18.1. The van der Waals surface area contributed by atoms with Gasteiger partial charge in [0.05, 0.1) is 0 Å². The fourth-order valence-corrected chi connectivity index (χ4v) is 2.12. The van der Waals surface area contributed by atoms with Gasteiger partial charge in [-0.3, -0.25) is 4.79 Å². The van der Waals surface area contributed by atoms with Gasteiger partial charge in [0.2, 0.25) is 5.76 Å². The molecule has 0 radical (unpaired) electrons. The molecule has 0 aliphatic heterocycles. The predicted molar refractivity (Wildman–Crippen MR) is 81.3 cm³/mol. The van der Waals surface area contributed by atoms with Crippen molar-refractivity contribution in [2.75, 3.05) is 5.32 Å². The second-order valence-electron chi connectivity index (χ2n) is 4.55. The van der Waals surface area contributed by atoms with E-state index in [-0.39, 0.29) is 5.76 Å². The minimum absolute atomic E-state index is 0.0271. The number of halogens is 2. The molecule has 0 saturated heterocycles. The maximum Gasteiger partial charge on any atom is 0.294 e. The number of carbonyl (C=O) groups excluding carboxylic acids is 1. The lowest BCUT2D eigenvalue weighted by molar-refractivity contribution is 0.0988. The van der Waals surface area contributed by atoms with Gasteiger partial charge in [-0.05, 0) is 30.3 Å². The molecule has 4 nitrogen and oxygen atoms in total. The van der Waals surface area contributed by atoms with Crippen LogP contribution >= 0.6 is 11.6 Å². The Labute approximate surface area is 130 Å². The largest absolute Gasteiger partial charge is 0.350 e. The number of anilines is 1. The molecule has 1 heterocycles. The number of nitrogens with zero attached hydrogens (tertiary/aromatic N) is 1. The molecule has 0 aliphatic rings. The summed E-state index contributed by atoms with van der Waals surface area (Å²) in [6.07, 6.45) is 0. The summed E-state index contributed by atoms with van der Waals surface area (Å²) in [5, 5.41) is 6.94. The maximum atomic E-state index is 13.1. The lowest BCUT2D eigenvalue weighted by Gasteiger charge is -2.01. The Morgan fingerprint density at radius 3 is 2.73 bits per heavy atom. The number of hydrogen-bond donors (Lipinski definition) is 1. The first-order valence-corrected chi connectivity index (χ1v) is 6.79. The van der Waals surface area contributed by atoms with Crippen LogP contribution in [-0.2, 0) is 0 Å². The molecule has 0 aliphatic carbocycles. The summed E-state index contributed by atoms with van der Waals surface area (Å²) in [6.45, 7) is 0. The van der Waals surface area contributed by atoms with Crippen molar-refractivity contribution in [3.05, 3.63) is 71.2 Å². The van der Waals surface area contributed by atoms with Crippen LogP contribution in [-0.4, -0.2) is 11.1 Å². The molecule has 3 rings (SSSR count). The monoisotopic (exact) mass is 316 g/mol. The third-order valence-electron chi connectivity index (χ3n) is 2.94. The molecule has 3 aromatic rings. The highest BCUT2D eigenvalue weighted by atomic mass is 35.5. The first kappa shape index (κ1) is 14.3. The standard InChI is InChI=1S/C16H10ClFN2O2/c17-11-4-1-3-10(7-11)14-9-15(22-20-14)16(21)19-13-6-2-5-12(18)8-13/h1-9H,(H,19,21). The van der Waals surface area contributed by atoms with E-state index in [0.29, 0.717) is 16.4 Å². The van der Waals surface area contributed by atoms with Crippen LogP contribution in [0.4, 0.5) is 10.1 Å². The van der Waals surface area contributed by atoms with Gasteiger partial charge in [0.15, 0.2) is 0 Å². The first-order valence-electron chi connectivity index (χ1n) is 6.41. The Bertz CT molecular complexity index is 832. The van der Waals surface area contributed by atoms with Crippen molar-refractivity contribution in [1.29, 1.82) is 0 Å². The van der Waals surface area contributed by atoms with Crippen molar-refractivity contribution < 1.29 is 13.7 Å². The van der Waals surface area contributed by atoms with Crippen LogP contribution in [0.3, 0.4) is 0 Å². The van der Waals surface area contributed by atoms with E-state index in [9.17, 15) is 9.18 Å². The zero-order chi connectivity index (χ0) is 15.5. The second kappa shape index (κ2) is 5.99. The normalized spacial score (nSPS) is 10.5. The lowest BCUT2D eigenvalue weighted by atomic mass is 10.1. The van der Waals surface area contributed by atoms with Gasteiger partial charge in [0, 0.05) is 22.3 Å². The Hall–Kier alpha value is -2.66. The third-order valence-corrected chi connectivity index (χ3v) is 3.17. The van der Waals surface area contributed by atoms with Crippen LogP contribution in [0.5, 0.6) is 0 Å². The lowest BCUT2D eigenvalue weighted by Crippen LogP contribution is -2.10. The highest BCUT2D eigenvalue weighted by Crippen LogP contribution is 2.22. The van der Waals surface area contributed by atoms with Gasteiger partial charge >= 0.3 is 0 Å². The summed E-state index contributed by atoms with van der Waals surface area (Å²) in [5.74, 6) is -0.916. The van der Waals surface area contributed by atoms with Crippen LogP contribution in [0.1, 0.15) is 10.6 Å². The van der Waals surface area contributed by atoms with Crippen LogP contribution in [0.2, 0.25) is 5.02 Å². The van der Waals surface area contributed by atoms with Crippen molar-refractivity contribution in [1.82, 2.24) is 5.16 Å². The molecule has 110 valence electrons. The van der Waals surface area contributed by atoms with Crippen molar-refractivity contribution >= 4 is 23.2 Å². The molecule has 0 atom stereocenters. The van der Waals surface area contributed by atoms with E-state index in [1.807, 2.05) is 0 Å². The van der Waals surface area contributed by atoms with E-state index in [1.54, 1.807) is 30.3 Å². The fourth-order valence-electron chi connectivity index (χ4n) is 1.93. The molecular weight excluding hydrogens is 307 g/mol. The molecule has 1 amide bonds. The van der Waals surface area contributed by atoms with E-state index < -0.39 is 11.7 Å². The second-order valence-corrected chi connectivity index (χ2v) is 4.99. The minimum atomic E-state index is -0.508. The molecule has 0 bridgehead atoms. The predicted octanol–water partition coefficient (Wildman–Crippen LogP) is 4.39. The van der Waals surface area contributed by atoms with Crippen LogP contribution in [0.25, 0.3) is 11.3 Å². The SMILES string of the molecule is O=C(Nc1cccc(F)c1)c1cc(-c2cccc(Cl)c2)no1. The zero-order valence-electron chi connectivity index (χ0n) is 11.2. The van der Waals surface area contributed by atoms with Gasteiger partial charge in [-0.2, -0.15) is 0 Å². The number of aromatic nitrogens is 1. The molecular formula is C16H10ClFN2O2. The topological polar surface area (TPSA) is 55.1 Å². The number of hydrogen-bond acceptors (Lipinski definition) is 3. The molecule has 0 unspecified atom stereocenters. The summed E-state index contributed by atoms with van der Waals surface area (Å²) in [6, 6.07) is 14.1. The molecule has 6 heteroatoms. The zero-order valence-corrected chi connectivity index (χ0v) is 12.0. The van der Waals surface area contributed by atoms with Gasteiger partial charge in [-0.15, -0.1) is 0 Å². The number of rotatable bonds is 3. The molecule has 0 spiro atoms. The van der Waals surface area contributed by atoms with E-state index in [0.717, 1.165) is 5.56 Å². The van der Waals surface area contributed by atoms with Gasteiger partial charge in [0.1, 0.15) is 11.5 Å². The van der Waals surface area contributed by atoms with E-state index >= 15 is 0 Å². The average molecular weight is 317 g/mol. The van der Waals surface area contributed by atoms with Crippen molar-refractivity contribution in [3.8, 4) is 11.3 Å². The molecule has 2 aromatic carbocycles. The fraction of sp³-hybridized carbons (Fsp3) is 0. The summed E-state index contributed by atoms with van der Waals surface area (Å²) in [4.78, 5) is 12.0. The first-order chi connectivity index (χ1) is 10.6. The molecule has 0 fully saturated rings. The van der Waals surface area contributed by atoms with Gasteiger partial charge in [-0.1, -0.05) is 35.0 Å². The highest BCUT2D eigenvalue weighted by Gasteiger charge is 2.14. The third kappa shape index (κ3) is 3.15. The Kier molecular flexibility index (Phi) is 3.89. The quantitative estimate of drug-likeness (QED) is 0.779. The molecule has 1 aromatic heterocycles. The summed E-state index contributed by atoms with van der Waals surface area (Å²) in [7, 11) is 0. The van der Waals surface area contributed by atoms with Crippen molar-refractivity contribution in [2.45, 2.75) is 0 Å². The van der Waals surface area contributed by atoms with E-state index in [2.05, 4.69) is 10.5 Å². The Morgan fingerprint density at radius 1 is 1.14 bits per heavy atom. The van der Waals surface area contributed by atoms with Crippen LogP contribution in [0.15, 0.2) is 59.1 Å². The average Bonchev–Trinajstić information content (AvgIpc) is 2.97. The van der Waals surface area contributed by atoms with Crippen LogP contribution in [0, 0.1) is 5.82 Å². The van der Waals surface area contributed by atoms with Gasteiger partial charge in [-0.25, -0.2) is 4.39 Å². The minimum Gasteiger partial charge on any atom is -0.350 e. The maximum absolute atomic E-state index is 13.1. The molecule has 1 N–H and O–H groups in total. The van der Waals surface area contributed by atoms with E-state index in [1.165, 1.54) is 24.3 Å². The van der Waals surface area contributed by atoms with Crippen molar-refractivity contribution in [2.24, 2.45) is 0 Å². The van der Waals surface area contributed by atoms with E-state index in [4.69, 9.17) is 16.1 Å². The number of nitrogens with one attached hydrogen (secondary N) is 1. The Balaban J connectivity index is 1.80. The van der Waals surface area contributed by atoms with Gasteiger partial charge in [0.25, 0.3) is 5.91 Å². The smallest absolute Gasteiger partial charge is 0.294 e. The van der Waals surface area contributed by atoms with Gasteiger partial charge < -0.3 is 9.84 Å². The van der Waals surface area contributed by atoms with Crippen molar-refractivity contribution in [3.63, 3.8) is 0 Å². The Morgan fingerprint density at radius 2 is 1.95 bits per heavy atom. The summed E-state index contributed by atoms with van der Waals surface area (Å²) >= 11 is 5.91. The summed E-state index contributed by atoms with van der Waals surface area (Å²) in [5.41, 5.74) is 1.57. The van der Waals surface area contributed by atoms with Crippen LogP contribution < -0.4 is 5.32 Å². The molecule has 22 heavy (non-hydrogen) atoms. The number of benzene rings is 2. The number of amides is 1. The number of carbonyl (C=O) groups is 1. The molecule has 0 saturated carbocycles.